The summed E-state index contributed by atoms with van der Waals surface area (Å²) in [5, 5.41) is 3.34. The fourth-order valence-corrected chi connectivity index (χ4v) is 3.25. The average molecular weight is 291 g/mol. The van der Waals surface area contributed by atoms with Crippen LogP contribution in [0.5, 0.6) is 5.75 Å². The molecular weight excluding hydrogens is 262 g/mol. The number of anilines is 1. The number of benzene rings is 1. The van der Waals surface area contributed by atoms with Crippen molar-refractivity contribution in [1.29, 1.82) is 0 Å². The van der Waals surface area contributed by atoms with Gasteiger partial charge in [-0.25, -0.2) is 0 Å². The largest absolute Gasteiger partial charge is 0.496 e. The van der Waals surface area contributed by atoms with Gasteiger partial charge in [0.05, 0.1) is 7.11 Å². The first-order valence-electron chi connectivity index (χ1n) is 7.84. The highest BCUT2D eigenvalue weighted by atomic mass is 16.5. The van der Waals surface area contributed by atoms with Crippen LogP contribution in [0.3, 0.4) is 0 Å². The molecule has 1 aromatic carbocycles. The van der Waals surface area contributed by atoms with Crippen molar-refractivity contribution < 1.29 is 4.74 Å². The molecule has 0 saturated carbocycles. The van der Waals surface area contributed by atoms with Crippen LogP contribution in [0.2, 0.25) is 0 Å². The first-order valence-corrected chi connectivity index (χ1v) is 7.84. The van der Waals surface area contributed by atoms with Gasteiger partial charge in [0.25, 0.3) is 0 Å². The maximum absolute atomic E-state index is 5.57. The zero-order valence-corrected chi connectivity index (χ0v) is 14.0. The molecule has 1 aromatic rings. The molecule has 2 rings (SSSR count). The van der Waals surface area contributed by atoms with E-state index in [-0.39, 0.29) is 6.04 Å². The van der Waals surface area contributed by atoms with Gasteiger partial charge in [0.1, 0.15) is 5.75 Å². The molecule has 0 aromatic heterocycles. The Morgan fingerprint density at radius 3 is 2.81 bits per heavy atom. The van der Waals surface area contributed by atoms with E-state index in [9.17, 15) is 0 Å². The third-order valence-corrected chi connectivity index (χ3v) is 4.70. The van der Waals surface area contributed by atoms with Crippen molar-refractivity contribution in [3.63, 3.8) is 0 Å². The maximum atomic E-state index is 5.57. The standard InChI is InChI=1S/C17H29N3O/c1-13(18-2)17-15(9-6-10-16(17)21-5)20(4)12-14-8-7-11-19(14)3/h6,9-10,13-14,18H,7-8,11-12H2,1-5H3. The van der Waals surface area contributed by atoms with Crippen molar-refractivity contribution in [2.24, 2.45) is 0 Å². The van der Waals surface area contributed by atoms with E-state index < -0.39 is 0 Å². The Bertz CT molecular complexity index is 463. The van der Waals surface area contributed by atoms with E-state index >= 15 is 0 Å². The van der Waals surface area contributed by atoms with Crippen LogP contribution < -0.4 is 15.0 Å². The number of nitrogens with zero attached hydrogens (tertiary/aromatic N) is 2. The number of hydrogen-bond acceptors (Lipinski definition) is 4. The summed E-state index contributed by atoms with van der Waals surface area (Å²) in [4.78, 5) is 4.84. The predicted octanol–water partition coefficient (Wildman–Crippen LogP) is 2.51. The highest BCUT2D eigenvalue weighted by Crippen LogP contribution is 2.34. The van der Waals surface area contributed by atoms with Crippen molar-refractivity contribution in [2.45, 2.75) is 31.8 Å². The number of nitrogens with one attached hydrogen (secondary N) is 1. The van der Waals surface area contributed by atoms with Crippen molar-refractivity contribution in [3.8, 4) is 5.75 Å². The number of likely N-dealkylation sites (tertiary alicyclic amines) is 1. The molecule has 0 radical (unpaired) electrons. The van der Waals surface area contributed by atoms with Crippen LogP contribution in [0.15, 0.2) is 18.2 Å². The molecule has 0 bridgehead atoms. The maximum Gasteiger partial charge on any atom is 0.125 e. The third kappa shape index (κ3) is 3.50. The molecule has 1 N–H and O–H groups in total. The van der Waals surface area contributed by atoms with E-state index in [1.807, 2.05) is 13.1 Å². The Hall–Kier alpha value is -1.26. The second-order valence-corrected chi connectivity index (χ2v) is 6.06. The lowest BCUT2D eigenvalue weighted by Crippen LogP contribution is -2.37. The summed E-state index contributed by atoms with van der Waals surface area (Å²) in [5.41, 5.74) is 2.50. The monoisotopic (exact) mass is 291 g/mol. The minimum atomic E-state index is 0.264. The fraction of sp³-hybridized carbons (Fsp3) is 0.647. The third-order valence-electron chi connectivity index (χ3n) is 4.70. The van der Waals surface area contributed by atoms with Gasteiger partial charge in [0.15, 0.2) is 0 Å². The summed E-state index contributed by atoms with van der Waals surface area (Å²) >= 11 is 0. The molecule has 1 heterocycles. The van der Waals surface area contributed by atoms with Gasteiger partial charge >= 0.3 is 0 Å². The lowest BCUT2D eigenvalue weighted by molar-refractivity contribution is 0.314. The van der Waals surface area contributed by atoms with Crippen LogP contribution in [0.1, 0.15) is 31.4 Å². The average Bonchev–Trinajstić information content (AvgIpc) is 2.90. The first kappa shape index (κ1) is 16.1. The second-order valence-electron chi connectivity index (χ2n) is 6.06. The molecule has 0 spiro atoms. The molecule has 0 aliphatic carbocycles. The van der Waals surface area contributed by atoms with Gasteiger partial charge in [-0.15, -0.1) is 0 Å². The summed E-state index contributed by atoms with van der Waals surface area (Å²) in [7, 11) is 8.16. The zero-order valence-electron chi connectivity index (χ0n) is 14.0. The van der Waals surface area contributed by atoms with Crippen molar-refractivity contribution >= 4 is 5.69 Å². The summed E-state index contributed by atoms with van der Waals surface area (Å²) < 4.78 is 5.57. The summed E-state index contributed by atoms with van der Waals surface area (Å²) in [5.74, 6) is 0.959. The van der Waals surface area contributed by atoms with E-state index in [1.54, 1.807) is 7.11 Å². The zero-order chi connectivity index (χ0) is 15.4. The lowest BCUT2D eigenvalue weighted by Gasteiger charge is -2.30. The van der Waals surface area contributed by atoms with Crippen LogP contribution >= 0.6 is 0 Å². The van der Waals surface area contributed by atoms with Gasteiger partial charge in [-0.05, 0) is 52.5 Å². The topological polar surface area (TPSA) is 27.7 Å². The number of ether oxygens (including phenoxy) is 1. The van der Waals surface area contributed by atoms with Gasteiger partial charge in [0, 0.05) is 36.9 Å². The number of likely N-dealkylation sites (N-methyl/N-ethyl adjacent to an activating group) is 2. The van der Waals surface area contributed by atoms with Gasteiger partial charge in [-0.3, -0.25) is 0 Å². The molecule has 1 fully saturated rings. The molecule has 2 atom stereocenters. The van der Waals surface area contributed by atoms with Crippen LogP contribution in [0.25, 0.3) is 0 Å². The highest BCUT2D eigenvalue weighted by Gasteiger charge is 2.24. The van der Waals surface area contributed by atoms with E-state index in [1.165, 1.54) is 30.6 Å². The van der Waals surface area contributed by atoms with E-state index in [2.05, 4.69) is 48.3 Å². The van der Waals surface area contributed by atoms with E-state index in [4.69, 9.17) is 4.74 Å². The normalized spacial score (nSPS) is 20.5. The molecule has 4 nitrogen and oxygen atoms in total. The molecule has 118 valence electrons. The number of methoxy groups -OCH3 is 1. The Kier molecular flexibility index (Phi) is 5.48. The van der Waals surface area contributed by atoms with Crippen molar-refractivity contribution in [1.82, 2.24) is 10.2 Å². The molecule has 1 aliphatic rings. The Morgan fingerprint density at radius 2 is 2.24 bits per heavy atom. The van der Waals surface area contributed by atoms with Gasteiger partial charge in [0.2, 0.25) is 0 Å². The smallest absolute Gasteiger partial charge is 0.125 e. The number of rotatable bonds is 6. The second kappa shape index (κ2) is 7.14. The molecule has 4 heteroatoms. The summed E-state index contributed by atoms with van der Waals surface area (Å²) in [6.07, 6.45) is 2.61. The summed E-state index contributed by atoms with van der Waals surface area (Å²) in [6.45, 7) is 4.46. The Labute approximate surface area is 129 Å². The highest BCUT2D eigenvalue weighted by molar-refractivity contribution is 5.60. The lowest BCUT2D eigenvalue weighted by atomic mass is 10.0. The molecule has 2 unspecified atom stereocenters. The van der Waals surface area contributed by atoms with Crippen molar-refractivity contribution in [3.05, 3.63) is 23.8 Å². The summed E-state index contributed by atoms with van der Waals surface area (Å²) in [6, 6.07) is 7.23. The van der Waals surface area contributed by atoms with Crippen LogP contribution in [0.4, 0.5) is 5.69 Å². The predicted molar refractivity (Wildman–Crippen MR) is 89.4 cm³/mol. The van der Waals surface area contributed by atoms with Crippen LogP contribution in [-0.2, 0) is 0 Å². The SMILES string of the molecule is CNC(C)c1c(OC)cccc1N(C)CC1CCCN1C. The van der Waals surface area contributed by atoms with E-state index in [0.717, 1.165) is 12.3 Å². The Morgan fingerprint density at radius 1 is 1.48 bits per heavy atom. The minimum Gasteiger partial charge on any atom is -0.496 e. The van der Waals surface area contributed by atoms with Gasteiger partial charge in [-0.2, -0.15) is 0 Å². The van der Waals surface area contributed by atoms with E-state index in [0.29, 0.717) is 6.04 Å². The first-order chi connectivity index (χ1) is 10.1. The fourth-order valence-electron chi connectivity index (χ4n) is 3.25. The molecule has 1 aliphatic heterocycles. The number of hydrogen-bond donors (Lipinski definition) is 1. The molecule has 0 amide bonds. The molecule has 1 saturated heterocycles. The molecule has 21 heavy (non-hydrogen) atoms. The quantitative estimate of drug-likeness (QED) is 0.871. The van der Waals surface area contributed by atoms with Crippen molar-refractivity contribution in [2.75, 3.05) is 46.2 Å². The minimum absolute atomic E-state index is 0.264. The Balaban J connectivity index is 2.25. The van der Waals surface area contributed by atoms with Crippen LogP contribution in [-0.4, -0.2) is 52.3 Å². The molecular formula is C17H29N3O. The van der Waals surface area contributed by atoms with Gasteiger partial charge in [-0.1, -0.05) is 6.07 Å². The van der Waals surface area contributed by atoms with Gasteiger partial charge < -0.3 is 19.9 Å². The van der Waals surface area contributed by atoms with Crippen LogP contribution in [0, 0.1) is 0 Å².